The van der Waals surface area contributed by atoms with Crippen LogP contribution in [0.4, 0.5) is 0 Å². The minimum absolute atomic E-state index is 0.0177. The van der Waals surface area contributed by atoms with Gasteiger partial charge in [-0.1, -0.05) is 6.58 Å². The first-order chi connectivity index (χ1) is 10.0. The van der Waals surface area contributed by atoms with E-state index in [0.29, 0.717) is 18.4 Å². The molecule has 130 valence electrons. The van der Waals surface area contributed by atoms with Crippen molar-refractivity contribution in [2.24, 2.45) is 0 Å². The smallest absolute Gasteiger partial charge is 0.462 e. The number of esters is 1. The van der Waals surface area contributed by atoms with Gasteiger partial charge in [0.1, 0.15) is 0 Å². The fourth-order valence-corrected chi connectivity index (χ4v) is 2.23. The minimum Gasteiger partial charge on any atom is -0.462 e. The van der Waals surface area contributed by atoms with Gasteiger partial charge in [0.05, 0.1) is 47.5 Å². The number of unbranched alkanes of at least 4 members (excludes halogenated alkanes) is 1. The Morgan fingerprint density at radius 3 is 2.14 bits per heavy atom. The molecule has 0 rings (SSSR count). The Kier molecular flexibility index (Phi) is 9.80. The zero-order valence-electron chi connectivity index (χ0n) is 14.0. The van der Waals surface area contributed by atoms with Crippen molar-refractivity contribution in [3.05, 3.63) is 12.2 Å². The van der Waals surface area contributed by atoms with Crippen LogP contribution in [0.3, 0.4) is 0 Å². The topological polar surface area (TPSA) is 82.1 Å². The first-order valence-electron chi connectivity index (χ1n) is 7.28. The molecule has 0 saturated carbocycles. The summed E-state index contributed by atoms with van der Waals surface area (Å²) < 4.78 is 26.9. The SMILES string of the molecule is C=C(C)C(=O)OCCCOP(=O)(O)OCCCC[N+](C)(C)C. The molecular formula is C14H29NO6P+. The number of hydrogen-bond acceptors (Lipinski definition) is 5. The van der Waals surface area contributed by atoms with E-state index in [-0.39, 0.29) is 19.8 Å². The normalized spacial score (nSPS) is 14.4. The first-order valence-corrected chi connectivity index (χ1v) is 8.78. The standard InChI is InChI=1S/C14H28NO6P/c1-13(2)14(16)19-10-8-12-21-22(17,18)20-11-7-6-9-15(3,4)5/h1,6-12H2,2-5H3/p+1. The van der Waals surface area contributed by atoms with Crippen molar-refractivity contribution in [3.8, 4) is 0 Å². The van der Waals surface area contributed by atoms with E-state index in [4.69, 9.17) is 13.8 Å². The van der Waals surface area contributed by atoms with E-state index in [2.05, 4.69) is 27.7 Å². The second kappa shape index (κ2) is 10.1. The van der Waals surface area contributed by atoms with E-state index in [9.17, 15) is 14.3 Å². The fraction of sp³-hybridized carbons (Fsp3) is 0.786. The number of carbonyl (C=O) groups is 1. The molecule has 0 amide bonds. The number of phosphoric ester groups is 1. The van der Waals surface area contributed by atoms with Crippen LogP contribution in [-0.4, -0.2) is 62.9 Å². The Hall–Kier alpha value is -0.720. The lowest BCUT2D eigenvalue weighted by Crippen LogP contribution is -2.35. The van der Waals surface area contributed by atoms with E-state index in [0.717, 1.165) is 17.4 Å². The highest BCUT2D eigenvalue weighted by Crippen LogP contribution is 2.43. The average molecular weight is 338 g/mol. The van der Waals surface area contributed by atoms with Gasteiger partial charge in [0.25, 0.3) is 0 Å². The highest BCUT2D eigenvalue weighted by atomic mass is 31.2. The molecule has 7 nitrogen and oxygen atoms in total. The Morgan fingerprint density at radius 2 is 1.64 bits per heavy atom. The van der Waals surface area contributed by atoms with Gasteiger partial charge in [0.2, 0.25) is 0 Å². The van der Waals surface area contributed by atoms with Crippen LogP contribution in [0.2, 0.25) is 0 Å². The molecule has 0 aromatic rings. The van der Waals surface area contributed by atoms with Crippen LogP contribution in [0.5, 0.6) is 0 Å². The fourth-order valence-electron chi connectivity index (χ4n) is 1.43. The Balaban J connectivity index is 3.67. The van der Waals surface area contributed by atoms with Crippen LogP contribution in [-0.2, 0) is 23.1 Å². The lowest BCUT2D eigenvalue weighted by atomic mass is 10.3. The van der Waals surface area contributed by atoms with Gasteiger partial charge >= 0.3 is 13.8 Å². The summed E-state index contributed by atoms with van der Waals surface area (Å²) in [6, 6.07) is 0. The molecule has 1 atom stereocenters. The lowest BCUT2D eigenvalue weighted by Gasteiger charge is -2.23. The number of nitrogens with zero attached hydrogens (tertiary/aromatic N) is 1. The van der Waals surface area contributed by atoms with Gasteiger partial charge in [-0.15, -0.1) is 0 Å². The van der Waals surface area contributed by atoms with Gasteiger partial charge in [-0.3, -0.25) is 9.05 Å². The lowest BCUT2D eigenvalue weighted by molar-refractivity contribution is -0.870. The molecule has 0 aromatic carbocycles. The number of quaternary nitrogens is 1. The molecule has 1 unspecified atom stereocenters. The summed E-state index contributed by atoms with van der Waals surface area (Å²) in [5.41, 5.74) is 0.311. The van der Waals surface area contributed by atoms with Gasteiger partial charge in [0.15, 0.2) is 0 Å². The van der Waals surface area contributed by atoms with E-state index in [1.165, 1.54) is 0 Å². The molecular weight excluding hydrogens is 309 g/mol. The number of carbonyl (C=O) groups excluding carboxylic acids is 1. The zero-order chi connectivity index (χ0) is 17.2. The third-order valence-corrected chi connectivity index (χ3v) is 3.62. The molecule has 0 saturated heterocycles. The number of rotatable bonds is 12. The summed E-state index contributed by atoms with van der Waals surface area (Å²) in [6.45, 7) is 6.23. The second-order valence-corrected chi connectivity index (χ2v) is 7.58. The van der Waals surface area contributed by atoms with Crippen molar-refractivity contribution in [2.45, 2.75) is 26.2 Å². The van der Waals surface area contributed by atoms with Crippen molar-refractivity contribution in [1.29, 1.82) is 0 Å². The van der Waals surface area contributed by atoms with Crippen molar-refractivity contribution in [1.82, 2.24) is 0 Å². The molecule has 8 heteroatoms. The van der Waals surface area contributed by atoms with Crippen LogP contribution in [0.15, 0.2) is 12.2 Å². The molecule has 22 heavy (non-hydrogen) atoms. The van der Waals surface area contributed by atoms with E-state index in [1.807, 2.05) is 0 Å². The van der Waals surface area contributed by atoms with Crippen molar-refractivity contribution >= 4 is 13.8 Å². The number of hydrogen-bond donors (Lipinski definition) is 1. The Labute approximate surface area is 133 Å². The van der Waals surface area contributed by atoms with Crippen LogP contribution in [0.25, 0.3) is 0 Å². The molecule has 0 spiro atoms. The quantitative estimate of drug-likeness (QED) is 0.193. The van der Waals surface area contributed by atoms with Gasteiger partial charge < -0.3 is 14.1 Å². The predicted octanol–water partition coefficient (Wildman–Crippen LogP) is 2.12. The van der Waals surface area contributed by atoms with Crippen molar-refractivity contribution in [3.63, 3.8) is 0 Å². The summed E-state index contributed by atoms with van der Waals surface area (Å²) in [5.74, 6) is -0.485. The third-order valence-electron chi connectivity index (χ3n) is 2.60. The highest BCUT2D eigenvalue weighted by Gasteiger charge is 2.20. The molecule has 0 bridgehead atoms. The summed E-state index contributed by atoms with van der Waals surface area (Å²) in [5, 5.41) is 0. The van der Waals surface area contributed by atoms with Crippen molar-refractivity contribution in [2.75, 3.05) is 47.5 Å². The summed E-state index contributed by atoms with van der Waals surface area (Å²) >= 11 is 0. The second-order valence-electron chi connectivity index (χ2n) is 6.13. The molecule has 0 aliphatic rings. The van der Waals surface area contributed by atoms with E-state index in [1.54, 1.807) is 6.92 Å². The van der Waals surface area contributed by atoms with Crippen LogP contribution in [0.1, 0.15) is 26.2 Å². The number of phosphoric acid groups is 1. The molecule has 0 aromatic heterocycles. The van der Waals surface area contributed by atoms with Gasteiger partial charge in [-0.25, -0.2) is 9.36 Å². The molecule has 0 aliphatic heterocycles. The van der Waals surface area contributed by atoms with E-state index < -0.39 is 13.8 Å². The summed E-state index contributed by atoms with van der Waals surface area (Å²) in [7, 11) is 2.24. The Bertz CT molecular complexity index is 405. The molecule has 0 radical (unpaired) electrons. The highest BCUT2D eigenvalue weighted by molar-refractivity contribution is 7.47. The monoisotopic (exact) mass is 338 g/mol. The van der Waals surface area contributed by atoms with Crippen LogP contribution in [0, 0.1) is 0 Å². The maximum atomic E-state index is 11.6. The number of ether oxygens (including phenoxy) is 1. The van der Waals surface area contributed by atoms with Gasteiger partial charge in [-0.2, -0.15) is 0 Å². The average Bonchev–Trinajstić information content (AvgIpc) is 2.35. The maximum Gasteiger partial charge on any atom is 0.472 e. The third kappa shape index (κ3) is 13.0. The van der Waals surface area contributed by atoms with Gasteiger partial charge in [0, 0.05) is 12.0 Å². The molecule has 0 heterocycles. The maximum absolute atomic E-state index is 11.6. The van der Waals surface area contributed by atoms with Crippen molar-refractivity contribution < 1.29 is 32.5 Å². The molecule has 1 N–H and O–H groups in total. The summed E-state index contributed by atoms with van der Waals surface area (Å²) in [6.07, 6.45) is 1.91. The van der Waals surface area contributed by atoms with Gasteiger partial charge in [-0.05, 0) is 19.8 Å². The molecule has 0 aliphatic carbocycles. The zero-order valence-corrected chi connectivity index (χ0v) is 14.9. The van der Waals surface area contributed by atoms with Crippen LogP contribution < -0.4 is 0 Å². The Morgan fingerprint density at radius 1 is 1.09 bits per heavy atom. The minimum atomic E-state index is -4.02. The van der Waals surface area contributed by atoms with Crippen LogP contribution >= 0.6 is 7.82 Å². The first kappa shape index (κ1) is 21.3. The van der Waals surface area contributed by atoms with E-state index >= 15 is 0 Å². The predicted molar refractivity (Wildman–Crippen MR) is 84.3 cm³/mol. The molecule has 0 fully saturated rings. The largest absolute Gasteiger partial charge is 0.472 e. The summed E-state index contributed by atoms with van der Waals surface area (Å²) in [4.78, 5) is 20.5.